The monoisotopic (exact) mass is 168 g/mol. The molecule has 0 amide bonds. The molecule has 2 aliphatic heterocycles. The smallest absolute Gasteiger partial charge is 0.0266 e. The van der Waals surface area contributed by atoms with Gasteiger partial charge in [0.05, 0.1) is 0 Å². The van der Waals surface area contributed by atoms with Crippen LogP contribution >= 0.6 is 0 Å². The first kappa shape index (κ1) is 8.52. The summed E-state index contributed by atoms with van der Waals surface area (Å²) in [5.41, 5.74) is 0. The van der Waals surface area contributed by atoms with Crippen LogP contribution in [0.15, 0.2) is 0 Å². The summed E-state index contributed by atoms with van der Waals surface area (Å²) in [4.78, 5) is 5.11. The van der Waals surface area contributed by atoms with E-state index in [0.717, 1.165) is 18.0 Å². The number of likely N-dealkylation sites (tertiary alicyclic amines) is 2. The molecule has 0 aliphatic carbocycles. The van der Waals surface area contributed by atoms with Crippen molar-refractivity contribution < 1.29 is 0 Å². The van der Waals surface area contributed by atoms with Crippen molar-refractivity contribution in [1.82, 2.24) is 9.80 Å². The number of hydrogen-bond donors (Lipinski definition) is 0. The quantitative estimate of drug-likeness (QED) is 0.577. The van der Waals surface area contributed by atoms with Crippen molar-refractivity contribution in [2.45, 2.75) is 32.4 Å². The largest absolute Gasteiger partial charge is 0.305 e. The zero-order valence-electron chi connectivity index (χ0n) is 8.45. The van der Waals surface area contributed by atoms with E-state index >= 15 is 0 Å². The molecule has 2 unspecified atom stereocenters. The molecule has 0 saturated carbocycles. The first-order chi connectivity index (χ1) is 5.68. The number of hydrogen-bond acceptors (Lipinski definition) is 2. The Hall–Kier alpha value is -0.0800. The van der Waals surface area contributed by atoms with Gasteiger partial charge in [0.2, 0.25) is 0 Å². The minimum atomic E-state index is 0.748. The highest BCUT2D eigenvalue weighted by molar-refractivity contribution is 4.97. The predicted molar refractivity (Wildman–Crippen MR) is 51.2 cm³/mol. The van der Waals surface area contributed by atoms with E-state index in [4.69, 9.17) is 0 Å². The van der Waals surface area contributed by atoms with Crippen molar-refractivity contribution in [2.24, 2.45) is 5.92 Å². The van der Waals surface area contributed by atoms with Gasteiger partial charge in [0, 0.05) is 25.2 Å². The van der Waals surface area contributed by atoms with Crippen LogP contribution in [-0.2, 0) is 0 Å². The molecule has 0 spiro atoms. The van der Waals surface area contributed by atoms with Crippen LogP contribution in [0.2, 0.25) is 0 Å². The maximum absolute atomic E-state index is 2.64. The summed E-state index contributed by atoms with van der Waals surface area (Å²) in [6, 6.07) is 1.63. The Bertz CT molecular complexity index is 167. The molecule has 0 aromatic rings. The van der Waals surface area contributed by atoms with Crippen LogP contribution in [0.4, 0.5) is 0 Å². The topological polar surface area (TPSA) is 6.48 Å². The van der Waals surface area contributed by atoms with Crippen LogP contribution in [-0.4, -0.2) is 48.6 Å². The van der Waals surface area contributed by atoms with Crippen molar-refractivity contribution in [3.63, 3.8) is 0 Å². The lowest BCUT2D eigenvalue weighted by Crippen LogP contribution is -2.65. The maximum Gasteiger partial charge on any atom is 0.0266 e. The summed E-state index contributed by atoms with van der Waals surface area (Å²) in [5.74, 6) is 1.02. The van der Waals surface area contributed by atoms with Gasteiger partial charge < -0.3 is 4.90 Å². The number of rotatable bonds is 1. The molecule has 2 saturated heterocycles. The van der Waals surface area contributed by atoms with E-state index in [9.17, 15) is 0 Å². The van der Waals surface area contributed by atoms with Gasteiger partial charge in [0.15, 0.2) is 0 Å². The molecular weight excluding hydrogens is 148 g/mol. The van der Waals surface area contributed by atoms with E-state index in [2.05, 4.69) is 30.7 Å². The van der Waals surface area contributed by atoms with E-state index in [1.54, 1.807) is 0 Å². The van der Waals surface area contributed by atoms with Crippen LogP contribution in [0, 0.1) is 5.92 Å². The standard InChI is InChI=1S/C10H20N2/c1-8(2)12-6-9-4-5-11(3)7-10(9)12/h8-10H,4-7H2,1-3H3. The number of likely N-dealkylation sites (N-methyl/N-ethyl adjacent to an activating group) is 1. The average Bonchev–Trinajstić information content (AvgIpc) is 1.95. The Kier molecular flexibility index (Phi) is 2.13. The predicted octanol–water partition coefficient (Wildman–Crippen LogP) is 1.03. The van der Waals surface area contributed by atoms with E-state index in [-0.39, 0.29) is 0 Å². The second kappa shape index (κ2) is 3.00. The minimum absolute atomic E-state index is 0.748. The zero-order valence-corrected chi connectivity index (χ0v) is 8.45. The van der Waals surface area contributed by atoms with E-state index in [1.807, 2.05) is 0 Å². The third kappa shape index (κ3) is 1.27. The van der Waals surface area contributed by atoms with Crippen molar-refractivity contribution >= 4 is 0 Å². The fraction of sp³-hybridized carbons (Fsp3) is 1.00. The van der Waals surface area contributed by atoms with Crippen LogP contribution in [0.5, 0.6) is 0 Å². The minimum Gasteiger partial charge on any atom is -0.305 e. The molecule has 0 aromatic carbocycles. The molecule has 0 N–H and O–H groups in total. The van der Waals surface area contributed by atoms with Gasteiger partial charge in [-0.2, -0.15) is 0 Å². The third-order valence-corrected chi connectivity index (χ3v) is 3.46. The Morgan fingerprint density at radius 3 is 2.67 bits per heavy atom. The van der Waals surface area contributed by atoms with Gasteiger partial charge in [0.1, 0.15) is 0 Å². The molecule has 0 aromatic heterocycles. The van der Waals surface area contributed by atoms with Crippen LogP contribution in [0.25, 0.3) is 0 Å². The first-order valence-corrected chi connectivity index (χ1v) is 5.13. The second-order valence-corrected chi connectivity index (χ2v) is 4.67. The summed E-state index contributed by atoms with van der Waals surface area (Å²) in [5, 5.41) is 0. The summed E-state index contributed by atoms with van der Waals surface area (Å²) in [6.07, 6.45) is 1.42. The van der Waals surface area contributed by atoms with Gasteiger partial charge in [0.25, 0.3) is 0 Å². The lowest BCUT2D eigenvalue weighted by molar-refractivity contribution is -0.0567. The molecule has 12 heavy (non-hydrogen) atoms. The molecule has 0 radical (unpaired) electrons. The molecule has 2 heterocycles. The highest BCUT2D eigenvalue weighted by Crippen LogP contribution is 2.33. The molecule has 2 aliphatic rings. The molecule has 2 atom stereocenters. The van der Waals surface area contributed by atoms with Crippen molar-refractivity contribution in [2.75, 3.05) is 26.7 Å². The van der Waals surface area contributed by atoms with Gasteiger partial charge in [-0.05, 0) is 39.8 Å². The second-order valence-electron chi connectivity index (χ2n) is 4.67. The third-order valence-electron chi connectivity index (χ3n) is 3.46. The molecule has 2 heteroatoms. The maximum atomic E-state index is 2.64. The lowest BCUT2D eigenvalue weighted by atomic mass is 9.81. The number of fused-ring (bicyclic) bond motifs is 1. The fourth-order valence-corrected chi connectivity index (χ4v) is 2.59. The average molecular weight is 168 g/mol. The number of piperidine rings is 1. The molecule has 2 fully saturated rings. The highest BCUT2D eigenvalue weighted by atomic mass is 15.3. The van der Waals surface area contributed by atoms with E-state index in [1.165, 1.54) is 26.1 Å². The summed E-state index contributed by atoms with van der Waals surface area (Å²) in [7, 11) is 2.24. The normalized spacial score (nSPS) is 38.0. The molecular formula is C10H20N2. The fourth-order valence-electron chi connectivity index (χ4n) is 2.59. The van der Waals surface area contributed by atoms with Gasteiger partial charge in [-0.3, -0.25) is 4.90 Å². The highest BCUT2D eigenvalue weighted by Gasteiger charge is 2.42. The Morgan fingerprint density at radius 2 is 2.00 bits per heavy atom. The molecule has 0 bridgehead atoms. The summed E-state index contributed by atoms with van der Waals surface area (Å²) in [6.45, 7) is 8.59. The Morgan fingerprint density at radius 1 is 1.25 bits per heavy atom. The Labute approximate surface area is 75.5 Å². The van der Waals surface area contributed by atoms with Crippen LogP contribution in [0.1, 0.15) is 20.3 Å². The lowest BCUT2D eigenvalue weighted by Gasteiger charge is -2.54. The van der Waals surface area contributed by atoms with Crippen LogP contribution in [0.3, 0.4) is 0 Å². The SMILES string of the molecule is CC(C)N1CC2CCN(C)CC21. The van der Waals surface area contributed by atoms with Crippen molar-refractivity contribution in [3.05, 3.63) is 0 Å². The van der Waals surface area contributed by atoms with E-state index in [0.29, 0.717) is 0 Å². The Balaban J connectivity index is 1.93. The van der Waals surface area contributed by atoms with E-state index < -0.39 is 0 Å². The van der Waals surface area contributed by atoms with Crippen LogP contribution < -0.4 is 0 Å². The zero-order chi connectivity index (χ0) is 8.72. The van der Waals surface area contributed by atoms with Crippen molar-refractivity contribution in [3.8, 4) is 0 Å². The van der Waals surface area contributed by atoms with Crippen molar-refractivity contribution in [1.29, 1.82) is 0 Å². The molecule has 2 rings (SSSR count). The molecule has 70 valence electrons. The van der Waals surface area contributed by atoms with Gasteiger partial charge in [-0.25, -0.2) is 0 Å². The van der Waals surface area contributed by atoms with Gasteiger partial charge in [-0.1, -0.05) is 0 Å². The summed E-state index contributed by atoms with van der Waals surface area (Å²) >= 11 is 0. The van der Waals surface area contributed by atoms with Gasteiger partial charge in [-0.15, -0.1) is 0 Å². The number of nitrogens with zero attached hydrogens (tertiary/aromatic N) is 2. The summed E-state index contributed by atoms with van der Waals surface area (Å²) < 4.78 is 0. The van der Waals surface area contributed by atoms with Gasteiger partial charge >= 0.3 is 0 Å². The molecule has 2 nitrogen and oxygen atoms in total. The first-order valence-electron chi connectivity index (χ1n) is 5.13.